The van der Waals surface area contributed by atoms with Crippen molar-refractivity contribution in [2.75, 3.05) is 38.6 Å². The smallest absolute Gasteiger partial charge is 0.238 e. The second-order valence-corrected chi connectivity index (χ2v) is 6.94. The predicted octanol–water partition coefficient (Wildman–Crippen LogP) is 3.15. The highest BCUT2D eigenvalue weighted by atomic mass is 16.5. The number of carbonyl (C=O) groups excluding carboxylic acids is 1. The number of nitrogens with one attached hydrogen (secondary N) is 2. The zero-order chi connectivity index (χ0) is 19.2. The monoisotopic (exact) mass is 367 g/mol. The number of carbonyl (C=O) groups is 1. The number of para-hydroxylation sites is 2. The normalized spacial score (nSPS) is 17.5. The average Bonchev–Trinajstić information content (AvgIpc) is 2.70. The quantitative estimate of drug-likeness (QED) is 0.824. The molecule has 1 fully saturated rings. The summed E-state index contributed by atoms with van der Waals surface area (Å²) in [7, 11) is 1.69. The van der Waals surface area contributed by atoms with E-state index in [1.54, 1.807) is 7.11 Å². The van der Waals surface area contributed by atoms with Gasteiger partial charge in [0.1, 0.15) is 5.75 Å². The third kappa shape index (κ3) is 4.49. The van der Waals surface area contributed by atoms with Gasteiger partial charge in [0.2, 0.25) is 5.91 Å². The molecule has 3 rings (SSSR count). The lowest BCUT2D eigenvalue weighted by atomic mass is 10.0. The number of aryl methyl sites for hydroxylation is 2. The van der Waals surface area contributed by atoms with Crippen LogP contribution in [-0.4, -0.2) is 44.1 Å². The van der Waals surface area contributed by atoms with E-state index in [2.05, 4.69) is 34.6 Å². The zero-order valence-electron chi connectivity index (χ0n) is 16.4. The number of nitrogens with zero attached hydrogens (tertiary/aromatic N) is 1. The molecule has 1 unspecified atom stereocenters. The van der Waals surface area contributed by atoms with Gasteiger partial charge in [-0.2, -0.15) is 0 Å². The summed E-state index contributed by atoms with van der Waals surface area (Å²) in [6.45, 7) is 7.02. The highest BCUT2D eigenvalue weighted by Gasteiger charge is 2.27. The standard InChI is InChI=1S/C22H29N3O2/c1-4-17-9-7-8-16(2)22(17)24-21(26)15-25-13-12-23-14-19(25)18-10-5-6-11-20(18)27-3/h5-11,19,23H,4,12-15H2,1-3H3,(H,24,26). The number of hydrogen-bond acceptors (Lipinski definition) is 4. The van der Waals surface area contributed by atoms with E-state index in [1.165, 1.54) is 5.56 Å². The maximum Gasteiger partial charge on any atom is 0.238 e. The molecule has 1 saturated heterocycles. The highest BCUT2D eigenvalue weighted by Crippen LogP contribution is 2.30. The van der Waals surface area contributed by atoms with Gasteiger partial charge in [-0.15, -0.1) is 0 Å². The van der Waals surface area contributed by atoms with E-state index >= 15 is 0 Å². The highest BCUT2D eigenvalue weighted by molar-refractivity contribution is 5.93. The number of methoxy groups -OCH3 is 1. The molecule has 0 aliphatic carbocycles. The topological polar surface area (TPSA) is 53.6 Å². The number of hydrogen-bond donors (Lipinski definition) is 2. The molecule has 2 N–H and O–H groups in total. The first kappa shape index (κ1) is 19.4. The van der Waals surface area contributed by atoms with Gasteiger partial charge in [0.05, 0.1) is 19.7 Å². The molecule has 1 atom stereocenters. The lowest BCUT2D eigenvalue weighted by Gasteiger charge is -2.36. The molecule has 0 spiro atoms. The molecule has 2 aromatic carbocycles. The van der Waals surface area contributed by atoms with Gasteiger partial charge >= 0.3 is 0 Å². The van der Waals surface area contributed by atoms with Crippen LogP contribution in [0.1, 0.15) is 29.7 Å². The Morgan fingerprint density at radius 1 is 1.26 bits per heavy atom. The average molecular weight is 367 g/mol. The molecule has 0 radical (unpaired) electrons. The minimum absolute atomic E-state index is 0.0285. The van der Waals surface area contributed by atoms with Crippen LogP contribution in [0, 0.1) is 6.92 Å². The number of ether oxygens (including phenoxy) is 1. The third-order valence-corrected chi connectivity index (χ3v) is 5.20. The van der Waals surface area contributed by atoms with E-state index in [1.807, 2.05) is 37.3 Å². The van der Waals surface area contributed by atoms with Gasteiger partial charge in [-0.05, 0) is 30.5 Å². The summed E-state index contributed by atoms with van der Waals surface area (Å²) >= 11 is 0. The van der Waals surface area contributed by atoms with Crippen LogP contribution in [0.3, 0.4) is 0 Å². The molecule has 0 bridgehead atoms. The van der Waals surface area contributed by atoms with Crippen LogP contribution in [-0.2, 0) is 11.2 Å². The largest absolute Gasteiger partial charge is 0.496 e. The van der Waals surface area contributed by atoms with E-state index in [0.29, 0.717) is 6.54 Å². The second-order valence-electron chi connectivity index (χ2n) is 6.94. The Bertz CT molecular complexity index is 791. The molecule has 2 aromatic rings. The fraction of sp³-hybridized carbons (Fsp3) is 0.409. The molecule has 5 nitrogen and oxygen atoms in total. The molecule has 1 heterocycles. The predicted molar refractivity (Wildman–Crippen MR) is 109 cm³/mol. The van der Waals surface area contributed by atoms with Crippen molar-refractivity contribution < 1.29 is 9.53 Å². The van der Waals surface area contributed by atoms with Crippen molar-refractivity contribution in [3.63, 3.8) is 0 Å². The molecule has 27 heavy (non-hydrogen) atoms. The van der Waals surface area contributed by atoms with Gasteiger partial charge in [0.15, 0.2) is 0 Å². The van der Waals surface area contributed by atoms with E-state index < -0.39 is 0 Å². The molecular weight excluding hydrogens is 338 g/mol. The van der Waals surface area contributed by atoms with Gasteiger partial charge in [-0.25, -0.2) is 0 Å². The summed E-state index contributed by atoms with van der Waals surface area (Å²) in [5.41, 5.74) is 4.34. The lowest BCUT2D eigenvalue weighted by Crippen LogP contribution is -2.48. The van der Waals surface area contributed by atoms with Crippen LogP contribution >= 0.6 is 0 Å². The summed E-state index contributed by atoms with van der Waals surface area (Å²) in [5, 5.41) is 6.58. The van der Waals surface area contributed by atoms with Crippen LogP contribution in [0.15, 0.2) is 42.5 Å². The van der Waals surface area contributed by atoms with Gasteiger partial charge < -0.3 is 15.4 Å². The van der Waals surface area contributed by atoms with Crippen molar-refractivity contribution in [3.05, 3.63) is 59.2 Å². The number of benzene rings is 2. The Kier molecular flexibility index (Phi) is 6.48. The van der Waals surface area contributed by atoms with Crippen molar-refractivity contribution in [1.82, 2.24) is 10.2 Å². The zero-order valence-corrected chi connectivity index (χ0v) is 16.4. The first-order chi connectivity index (χ1) is 13.1. The van der Waals surface area contributed by atoms with Crippen molar-refractivity contribution in [1.29, 1.82) is 0 Å². The maximum atomic E-state index is 12.8. The first-order valence-electron chi connectivity index (χ1n) is 9.60. The van der Waals surface area contributed by atoms with Gasteiger partial charge in [-0.3, -0.25) is 9.69 Å². The molecule has 0 aromatic heterocycles. The second kappa shape index (κ2) is 9.02. The Morgan fingerprint density at radius 2 is 2.07 bits per heavy atom. The Morgan fingerprint density at radius 3 is 2.85 bits per heavy atom. The Balaban J connectivity index is 1.76. The van der Waals surface area contributed by atoms with E-state index in [-0.39, 0.29) is 11.9 Å². The molecule has 5 heteroatoms. The van der Waals surface area contributed by atoms with Crippen LogP contribution < -0.4 is 15.4 Å². The van der Waals surface area contributed by atoms with E-state index in [0.717, 1.165) is 48.6 Å². The SMILES string of the molecule is CCc1cccc(C)c1NC(=O)CN1CCNCC1c1ccccc1OC. The van der Waals surface area contributed by atoms with Crippen molar-refractivity contribution in [2.24, 2.45) is 0 Å². The lowest BCUT2D eigenvalue weighted by molar-refractivity contribution is -0.118. The van der Waals surface area contributed by atoms with Crippen LogP contribution in [0.5, 0.6) is 5.75 Å². The third-order valence-electron chi connectivity index (χ3n) is 5.20. The van der Waals surface area contributed by atoms with Crippen molar-refractivity contribution in [3.8, 4) is 5.75 Å². The molecular formula is C22H29N3O2. The summed E-state index contributed by atoms with van der Waals surface area (Å²) in [4.78, 5) is 15.1. The van der Waals surface area contributed by atoms with Crippen molar-refractivity contribution >= 4 is 11.6 Å². The van der Waals surface area contributed by atoms with Crippen LogP contribution in [0.4, 0.5) is 5.69 Å². The Hall–Kier alpha value is -2.37. The summed E-state index contributed by atoms with van der Waals surface area (Å²) in [5.74, 6) is 0.893. The van der Waals surface area contributed by atoms with Gasteiger partial charge in [0, 0.05) is 30.9 Å². The molecule has 144 valence electrons. The minimum Gasteiger partial charge on any atom is -0.496 e. The van der Waals surface area contributed by atoms with Gasteiger partial charge in [0.25, 0.3) is 0 Å². The van der Waals surface area contributed by atoms with Crippen molar-refractivity contribution in [2.45, 2.75) is 26.3 Å². The fourth-order valence-electron chi connectivity index (χ4n) is 3.75. The molecule has 1 aliphatic heterocycles. The number of rotatable bonds is 6. The fourth-order valence-corrected chi connectivity index (χ4v) is 3.75. The number of anilines is 1. The van der Waals surface area contributed by atoms with Gasteiger partial charge in [-0.1, -0.05) is 43.3 Å². The number of amides is 1. The van der Waals surface area contributed by atoms with E-state index in [4.69, 9.17) is 4.74 Å². The molecule has 1 amide bonds. The summed E-state index contributed by atoms with van der Waals surface area (Å²) < 4.78 is 5.54. The number of piperazine rings is 1. The minimum atomic E-state index is 0.0285. The summed E-state index contributed by atoms with van der Waals surface area (Å²) in [6.07, 6.45) is 0.898. The molecule has 0 saturated carbocycles. The van der Waals surface area contributed by atoms with Crippen LogP contribution in [0.25, 0.3) is 0 Å². The van der Waals surface area contributed by atoms with Crippen LogP contribution in [0.2, 0.25) is 0 Å². The first-order valence-corrected chi connectivity index (χ1v) is 9.60. The maximum absolute atomic E-state index is 12.8. The summed E-state index contributed by atoms with van der Waals surface area (Å²) in [6, 6.07) is 14.3. The Labute approximate surface area is 161 Å². The molecule has 1 aliphatic rings. The van der Waals surface area contributed by atoms with E-state index in [9.17, 15) is 4.79 Å².